The fraction of sp³-hybridized carbons (Fsp3) is 0. The van der Waals surface area contributed by atoms with Crippen LogP contribution >= 0.6 is 0 Å². The molecule has 0 aliphatic rings. The predicted molar refractivity (Wildman–Crippen MR) is 73.4 cm³/mol. The molecule has 4 nitrogen and oxygen atoms in total. The van der Waals surface area contributed by atoms with Crippen molar-refractivity contribution in [3.8, 4) is 11.5 Å². The Morgan fingerprint density at radius 2 is 1.74 bits per heavy atom. The summed E-state index contributed by atoms with van der Waals surface area (Å²) in [5, 5.41) is 0.447. The number of benzene rings is 2. The molecule has 2 aromatic carbocycles. The van der Waals surface area contributed by atoms with E-state index in [-0.39, 0.29) is 11.3 Å². The molecule has 94 valence electrons. The molecule has 0 spiro atoms. The molecule has 3 rings (SSSR count). The third kappa shape index (κ3) is 2.28. The molecule has 0 aliphatic carbocycles. The normalized spacial score (nSPS) is 10.5. The van der Waals surface area contributed by atoms with Crippen LogP contribution in [0.2, 0.25) is 0 Å². The first-order valence-corrected chi connectivity index (χ1v) is 5.79. The van der Waals surface area contributed by atoms with Crippen molar-refractivity contribution < 1.29 is 9.15 Å². The van der Waals surface area contributed by atoms with E-state index in [1.165, 1.54) is 6.07 Å². The van der Waals surface area contributed by atoms with E-state index in [2.05, 4.69) is 0 Å². The van der Waals surface area contributed by atoms with Crippen LogP contribution in [0.1, 0.15) is 0 Å². The topological polar surface area (TPSA) is 65.5 Å². The second-order valence-electron chi connectivity index (χ2n) is 4.09. The van der Waals surface area contributed by atoms with Crippen molar-refractivity contribution in [3.05, 3.63) is 64.8 Å². The molecule has 0 aliphatic heterocycles. The lowest BCUT2D eigenvalue weighted by molar-refractivity contribution is 0.483. The third-order valence-corrected chi connectivity index (χ3v) is 2.70. The van der Waals surface area contributed by atoms with Crippen LogP contribution < -0.4 is 15.9 Å². The van der Waals surface area contributed by atoms with Gasteiger partial charge in [0.15, 0.2) is 11.3 Å². The Hall–Kier alpha value is -2.75. The maximum atomic E-state index is 11.8. The van der Waals surface area contributed by atoms with Crippen molar-refractivity contribution in [1.82, 2.24) is 0 Å². The Morgan fingerprint density at radius 3 is 2.53 bits per heavy atom. The minimum atomic E-state index is -0.183. The first-order valence-electron chi connectivity index (χ1n) is 5.79. The van der Waals surface area contributed by atoms with Crippen molar-refractivity contribution in [3.63, 3.8) is 0 Å². The molecular formula is C15H11NO3. The molecule has 2 N–H and O–H groups in total. The Labute approximate surface area is 109 Å². The molecule has 0 amide bonds. The molecule has 1 aromatic heterocycles. The van der Waals surface area contributed by atoms with Gasteiger partial charge in [-0.2, -0.15) is 0 Å². The van der Waals surface area contributed by atoms with Crippen molar-refractivity contribution in [2.75, 3.05) is 5.73 Å². The summed E-state index contributed by atoms with van der Waals surface area (Å²) in [6, 6.07) is 15.7. The van der Waals surface area contributed by atoms with E-state index in [9.17, 15) is 4.79 Å². The maximum Gasteiger partial charge on any atom is 0.195 e. The van der Waals surface area contributed by atoms with Gasteiger partial charge in [0.05, 0.1) is 5.39 Å². The van der Waals surface area contributed by atoms with Crippen molar-refractivity contribution in [1.29, 1.82) is 0 Å². The lowest BCUT2D eigenvalue weighted by Gasteiger charge is -2.06. The van der Waals surface area contributed by atoms with E-state index >= 15 is 0 Å². The molecule has 3 aromatic rings. The monoisotopic (exact) mass is 253 g/mol. The Morgan fingerprint density at radius 1 is 0.947 bits per heavy atom. The SMILES string of the molecule is Nc1cc(=O)c2cc(Oc3ccccc3)ccc2o1. The molecule has 1 heterocycles. The highest BCUT2D eigenvalue weighted by atomic mass is 16.5. The summed E-state index contributed by atoms with van der Waals surface area (Å²) < 4.78 is 10.9. The molecule has 4 heteroatoms. The number of nitrogen functional groups attached to an aromatic ring is 1. The summed E-state index contributed by atoms with van der Waals surface area (Å²) in [6.07, 6.45) is 0. The fourth-order valence-corrected chi connectivity index (χ4v) is 1.84. The highest BCUT2D eigenvalue weighted by Crippen LogP contribution is 2.24. The van der Waals surface area contributed by atoms with Gasteiger partial charge in [0.25, 0.3) is 0 Å². The van der Waals surface area contributed by atoms with Gasteiger partial charge in [0.1, 0.15) is 17.1 Å². The first-order chi connectivity index (χ1) is 9.22. The van der Waals surface area contributed by atoms with E-state index < -0.39 is 0 Å². The van der Waals surface area contributed by atoms with Crippen LogP contribution in [0.3, 0.4) is 0 Å². The van der Waals surface area contributed by atoms with Gasteiger partial charge in [-0.05, 0) is 30.3 Å². The molecular weight excluding hydrogens is 242 g/mol. The van der Waals surface area contributed by atoms with Gasteiger partial charge in [-0.25, -0.2) is 0 Å². The number of nitrogens with two attached hydrogens (primary N) is 1. The quantitative estimate of drug-likeness (QED) is 0.761. The highest BCUT2D eigenvalue weighted by Gasteiger charge is 2.05. The minimum Gasteiger partial charge on any atom is -0.457 e. The Kier molecular flexibility index (Phi) is 2.68. The van der Waals surface area contributed by atoms with Crippen LogP contribution in [0.4, 0.5) is 5.88 Å². The van der Waals surface area contributed by atoms with Gasteiger partial charge in [0, 0.05) is 6.07 Å². The van der Waals surface area contributed by atoms with Gasteiger partial charge in [-0.1, -0.05) is 18.2 Å². The van der Waals surface area contributed by atoms with Gasteiger partial charge >= 0.3 is 0 Å². The van der Waals surface area contributed by atoms with Crippen LogP contribution in [0.25, 0.3) is 11.0 Å². The van der Waals surface area contributed by atoms with Crippen LogP contribution in [0.5, 0.6) is 11.5 Å². The van der Waals surface area contributed by atoms with Gasteiger partial charge in [-0.3, -0.25) is 4.79 Å². The van der Waals surface area contributed by atoms with E-state index in [1.807, 2.05) is 30.3 Å². The summed E-state index contributed by atoms with van der Waals surface area (Å²) in [4.78, 5) is 11.8. The van der Waals surface area contributed by atoms with E-state index in [4.69, 9.17) is 14.9 Å². The standard InChI is InChI=1S/C15H11NO3/c16-15-9-13(17)12-8-11(6-7-14(12)19-15)18-10-4-2-1-3-5-10/h1-9H,16H2. The van der Waals surface area contributed by atoms with Gasteiger partial charge in [0.2, 0.25) is 0 Å². The number of hydrogen-bond acceptors (Lipinski definition) is 4. The fourth-order valence-electron chi connectivity index (χ4n) is 1.84. The highest BCUT2D eigenvalue weighted by molar-refractivity contribution is 5.79. The molecule has 0 bridgehead atoms. The molecule has 0 radical (unpaired) electrons. The Balaban J connectivity index is 2.05. The van der Waals surface area contributed by atoms with Crippen molar-refractivity contribution in [2.45, 2.75) is 0 Å². The van der Waals surface area contributed by atoms with Gasteiger partial charge < -0.3 is 14.9 Å². The summed E-state index contributed by atoms with van der Waals surface area (Å²) in [5.41, 5.74) is 5.75. The maximum absolute atomic E-state index is 11.8. The first kappa shape index (κ1) is 11.3. The van der Waals surface area contributed by atoms with E-state index in [0.717, 1.165) is 0 Å². The Bertz CT molecular complexity index is 778. The summed E-state index contributed by atoms with van der Waals surface area (Å²) >= 11 is 0. The zero-order chi connectivity index (χ0) is 13.2. The number of fused-ring (bicyclic) bond motifs is 1. The zero-order valence-corrected chi connectivity index (χ0v) is 10.00. The number of rotatable bonds is 2. The smallest absolute Gasteiger partial charge is 0.195 e. The number of hydrogen-bond donors (Lipinski definition) is 1. The number of anilines is 1. The molecule has 0 saturated heterocycles. The zero-order valence-electron chi connectivity index (χ0n) is 10.00. The number of para-hydroxylation sites is 1. The summed E-state index contributed by atoms with van der Waals surface area (Å²) in [6.45, 7) is 0. The van der Waals surface area contributed by atoms with Gasteiger partial charge in [-0.15, -0.1) is 0 Å². The second-order valence-corrected chi connectivity index (χ2v) is 4.09. The molecule has 0 unspecified atom stereocenters. The lowest BCUT2D eigenvalue weighted by Crippen LogP contribution is -2.02. The average Bonchev–Trinajstić information content (AvgIpc) is 2.40. The molecule has 0 atom stereocenters. The van der Waals surface area contributed by atoms with E-state index in [0.29, 0.717) is 22.5 Å². The summed E-state index contributed by atoms with van der Waals surface area (Å²) in [7, 11) is 0. The summed E-state index contributed by atoms with van der Waals surface area (Å²) in [5.74, 6) is 1.40. The van der Waals surface area contributed by atoms with Crippen LogP contribution in [-0.2, 0) is 0 Å². The second kappa shape index (κ2) is 4.49. The minimum absolute atomic E-state index is 0.106. The average molecular weight is 253 g/mol. The predicted octanol–water partition coefficient (Wildman–Crippen LogP) is 3.17. The van der Waals surface area contributed by atoms with Crippen LogP contribution in [-0.4, -0.2) is 0 Å². The molecule has 0 saturated carbocycles. The van der Waals surface area contributed by atoms with Crippen LogP contribution in [0.15, 0.2) is 63.8 Å². The van der Waals surface area contributed by atoms with Crippen molar-refractivity contribution in [2.24, 2.45) is 0 Å². The number of ether oxygens (including phenoxy) is 1. The van der Waals surface area contributed by atoms with Crippen molar-refractivity contribution >= 4 is 16.9 Å². The largest absolute Gasteiger partial charge is 0.457 e. The van der Waals surface area contributed by atoms with Crippen LogP contribution in [0, 0.1) is 0 Å². The third-order valence-electron chi connectivity index (χ3n) is 2.70. The molecule has 0 fully saturated rings. The van der Waals surface area contributed by atoms with E-state index in [1.54, 1.807) is 18.2 Å². The lowest BCUT2D eigenvalue weighted by atomic mass is 10.2. The molecule has 19 heavy (non-hydrogen) atoms.